The topological polar surface area (TPSA) is 88.4 Å². The van der Waals surface area contributed by atoms with E-state index >= 15 is 0 Å². The Morgan fingerprint density at radius 3 is 2.62 bits per heavy atom. The van der Waals surface area contributed by atoms with E-state index in [9.17, 15) is 14.9 Å². The molecule has 0 bridgehead atoms. The normalized spacial score (nSPS) is 10.8. The summed E-state index contributed by atoms with van der Waals surface area (Å²) >= 11 is 1.38. The Morgan fingerprint density at radius 2 is 1.96 bits per heavy atom. The molecule has 7 nitrogen and oxygen atoms in total. The van der Waals surface area contributed by atoms with Crippen LogP contribution in [-0.2, 0) is 0 Å². The first-order valence-corrected chi connectivity index (χ1v) is 8.73. The zero-order chi connectivity index (χ0) is 19.0. The Morgan fingerprint density at radius 1 is 1.23 bits per heavy atom. The molecule has 8 heteroatoms. The van der Waals surface area contributed by atoms with E-state index in [1.54, 1.807) is 25.1 Å². The van der Waals surface area contributed by atoms with E-state index in [2.05, 4.69) is 10.3 Å². The van der Waals surface area contributed by atoms with Gasteiger partial charge in [0, 0.05) is 31.9 Å². The third-order valence-corrected chi connectivity index (χ3v) is 4.89. The van der Waals surface area contributed by atoms with Crippen molar-refractivity contribution in [2.24, 2.45) is 0 Å². The number of anilines is 2. The van der Waals surface area contributed by atoms with Gasteiger partial charge in [0.05, 0.1) is 20.7 Å². The van der Waals surface area contributed by atoms with Crippen molar-refractivity contribution in [3.63, 3.8) is 0 Å². The second-order valence-corrected chi connectivity index (χ2v) is 7.29. The predicted octanol–water partition coefficient (Wildman–Crippen LogP) is 4.14. The van der Waals surface area contributed by atoms with Gasteiger partial charge in [-0.15, -0.1) is 0 Å². The molecule has 0 fully saturated rings. The van der Waals surface area contributed by atoms with Gasteiger partial charge in [-0.25, -0.2) is 4.98 Å². The molecule has 0 aliphatic carbocycles. The maximum atomic E-state index is 12.7. The molecule has 0 aliphatic rings. The summed E-state index contributed by atoms with van der Waals surface area (Å²) in [6.45, 7) is 3.99. The fraction of sp³-hybridized carbons (Fsp3) is 0.222. The van der Waals surface area contributed by atoms with Crippen LogP contribution < -0.4 is 10.2 Å². The number of hydrogen-bond acceptors (Lipinski definition) is 6. The molecular weight excluding hydrogens is 352 g/mol. The van der Waals surface area contributed by atoms with E-state index in [0.717, 1.165) is 21.3 Å². The van der Waals surface area contributed by atoms with Crippen LogP contribution in [0.1, 0.15) is 21.5 Å². The number of nitrogens with one attached hydrogen (secondary N) is 1. The highest BCUT2D eigenvalue weighted by Crippen LogP contribution is 2.31. The molecule has 0 unspecified atom stereocenters. The van der Waals surface area contributed by atoms with Gasteiger partial charge < -0.3 is 4.90 Å². The van der Waals surface area contributed by atoms with Gasteiger partial charge in [-0.2, -0.15) is 0 Å². The molecule has 2 aromatic carbocycles. The molecule has 3 rings (SSSR count). The quantitative estimate of drug-likeness (QED) is 0.551. The van der Waals surface area contributed by atoms with E-state index in [0.29, 0.717) is 10.8 Å². The highest BCUT2D eigenvalue weighted by Gasteiger charge is 2.19. The SMILES string of the molecule is Cc1cc(C)c2nc(NC(=O)c3cc([N+](=O)[O-])ccc3N(C)C)sc2c1. The van der Waals surface area contributed by atoms with Crippen LogP contribution in [-0.4, -0.2) is 29.9 Å². The van der Waals surface area contributed by atoms with E-state index in [1.165, 1.54) is 23.5 Å². The Bertz CT molecular complexity index is 1030. The van der Waals surface area contributed by atoms with Gasteiger partial charge in [-0.3, -0.25) is 20.2 Å². The van der Waals surface area contributed by atoms with E-state index in [1.807, 2.05) is 26.0 Å². The van der Waals surface area contributed by atoms with E-state index < -0.39 is 10.8 Å². The van der Waals surface area contributed by atoms with E-state index in [4.69, 9.17) is 0 Å². The number of aryl methyl sites for hydroxylation is 2. The molecule has 0 radical (unpaired) electrons. The number of nitro groups is 1. The number of rotatable bonds is 4. The summed E-state index contributed by atoms with van der Waals surface area (Å²) in [4.78, 5) is 29.5. The second-order valence-electron chi connectivity index (χ2n) is 6.25. The Balaban J connectivity index is 1.98. The van der Waals surface area contributed by atoms with Crippen molar-refractivity contribution >= 4 is 44.0 Å². The average molecular weight is 370 g/mol. The molecule has 26 heavy (non-hydrogen) atoms. The van der Waals surface area contributed by atoms with Crippen LogP contribution in [0.5, 0.6) is 0 Å². The molecule has 1 aromatic heterocycles. The molecule has 1 N–H and O–H groups in total. The highest BCUT2D eigenvalue weighted by molar-refractivity contribution is 7.22. The van der Waals surface area contributed by atoms with Gasteiger partial charge in [-0.05, 0) is 37.1 Å². The maximum absolute atomic E-state index is 12.7. The van der Waals surface area contributed by atoms with Gasteiger partial charge in [0.1, 0.15) is 0 Å². The van der Waals surface area contributed by atoms with Crippen LogP contribution >= 0.6 is 11.3 Å². The van der Waals surface area contributed by atoms with Crippen LogP contribution in [0.3, 0.4) is 0 Å². The van der Waals surface area contributed by atoms with Crippen molar-refractivity contribution in [3.05, 3.63) is 57.1 Å². The molecule has 0 atom stereocenters. The monoisotopic (exact) mass is 370 g/mol. The first-order valence-electron chi connectivity index (χ1n) is 7.91. The van der Waals surface area contributed by atoms with Crippen molar-refractivity contribution in [3.8, 4) is 0 Å². The fourth-order valence-corrected chi connectivity index (χ4v) is 3.84. The number of benzene rings is 2. The van der Waals surface area contributed by atoms with Gasteiger partial charge in [-0.1, -0.05) is 17.4 Å². The Hall–Kier alpha value is -3.00. The second kappa shape index (κ2) is 6.72. The number of non-ortho nitro benzene ring substituents is 1. The average Bonchev–Trinajstić information content (AvgIpc) is 2.96. The summed E-state index contributed by atoms with van der Waals surface area (Å²) in [5.41, 5.74) is 3.73. The molecule has 1 amide bonds. The summed E-state index contributed by atoms with van der Waals surface area (Å²) in [5.74, 6) is -0.425. The molecule has 0 saturated heterocycles. The van der Waals surface area contributed by atoms with Gasteiger partial charge >= 0.3 is 0 Å². The highest BCUT2D eigenvalue weighted by atomic mass is 32.1. The van der Waals surface area contributed by atoms with Gasteiger partial charge in [0.2, 0.25) is 0 Å². The number of aromatic nitrogens is 1. The zero-order valence-electron chi connectivity index (χ0n) is 14.9. The third kappa shape index (κ3) is 3.36. The summed E-state index contributed by atoms with van der Waals surface area (Å²) in [6.07, 6.45) is 0. The zero-order valence-corrected chi connectivity index (χ0v) is 15.7. The number of nitrogens with zero attached hydrogens (tertiary/aromatic N) is 3. The Kier molecular flexibility index (Phi) is 4.60. The van der Waals surface area contributed by atoms with Crippen molar-refractivity contribution in [2.75, 3.05) is 24.3 Å². The minimum absolute atomic E-state index is 0.128. The lowest BCUT2D eigenvalue weighted by molar-refractivity contribution is -0.384. The van der Waals surface area contributed by atoms with Crippen LogP contribution in [0, 0.1) is 24.0 Å². The number of nitro benzene ring substituents is 1. The predicted molar refractivity (Wildman–Crippen MR) is 104 cm³/mol. The summed E-state index contributed by atoms with van der Waals surface area (Å²) in [7, 11) is 3.56. The molecule has 0 spiro atoms. The maximum Gasteiger partial charge on any atom is 0.270 e. The molecule has 0 aliphatic heterocycles. The first kappa shape index (κ1) is 17.8. The lowest BCUT2D eigenvalue weighted by atomic mass is 10.1. The molecule has 134 valence electrons. The van der Waals surface area contributed by atoms with Crippen molar-refractivity contribution in [1.82, 2.24) is 4.98 Å². The van der Waals surface area contributed by atoms with Crippen molar-refractivity contribution < 1.29 is 9.72 Å². The lowest BCUT2D eigenvalue weighted by Gasteiger charge is -2.16. The standard InChI is InChI=1S/C18H18N4O3S/c1-10-7-11(2)16-15(8-10)26-18(19-16)20-17(23)13-9-12(22(24)25)5-6-14(13)21(3)4/h5-9H,1-4H3,(H,19,20,23). The van der Waals surface area contributed by atoms with Crippen LogP contribution in [0.15, 0.2) is 30.3 Å². The lowest BCUT2D eigenvalue weighted by Crippen LogP contribution is -2.18. The van der Waals surface area contributed by atoms with Crippen molar-refractivity contribution in [2.45, 2.75) is 13.8 Å². The number of fused-ring (bicyclic) bond motifs is 1. The number of carbonyl (C=O) groups excluding carboxylic acids is 1. The van der Waals surface area contributed by atoms with E-state index in [-0.39, 0.29) is 11.3 Å². The van der Waals surface area contributed by atoms with Gasteiger partial charge in [0.25, 0.3) is 11.6 Å². The number of carbonyl (C=O) groups is 1. The van der Waals surface area contributed by atoms with Crippen LogP contribution in [0.4, 0.5) is 16.5 Å². The smallest absolute Gasteiger partial charge is 0.270 e. The summed E-state index contributed by atoms with van der Waals surface area (Å²) < 4.78 is 0.990. The molecule has 3 aromatic rings. The van der Waals surface area contributed by atoms with Gasteiger partial charge in [0.15, 0.2) is 5.13 Å². The number of amides is 1. The summed E-state index contributed by atoms with van der Waals surface area (Å²) in [6, 6.07) is 8.30. The fourth-order valence-electron chi connectivity index (χ4n) is 2.80. The first-order chi connectivity index (χ1) is 12.3. The minimum Gasteiger partial charge on any atom is -0.377 e. The molecule has 1 heterocycles. The Labute approximate surface area is 154 Å². The number of hydrogen-bond donors (Lipinski definition) is 1. The van der Waals surface area contributed by atoms with Crippen LogP contribution in [0.2, 0.25) is 0 Å². The molecule has 0 saturated carbocycles. The van der Waals surface area contributed by atoms with Crippen molar-refractivity contribution in [1.29, 1.82) is 0 Å². The minimum atomic E-state index is -0.514. The molecular formula is C18H18N4O3S. The number of thiazole rings is 1. The summed E-state index contributed by atoms with van der Waals surface area (Å²) in [5, 5.41) is 14.3. The third-order valence-electron chi connectivity index (χ3n) is 3.97. The largest absolute Gasteiger partial charge is 0.377 e. The van der Waals surface area contributed by atoms with Crippen LogP contribution in [0.25, 0.3) is 10.2 Å².